The first kappa shape index (κ1) is 16.5. The Hall–Kier alpha value is -0.820. The zero-order chi connectivity index (χ0) is 15.1. The Labute approximate surface area is 131 Å². The maximum absolute atomic E-state index is 3.75. The second-order valence-electron chi connectivity index (χ2n) is 7.11. The van der Waals surface area contributed by atoms with E-state index in [0.29, 0.717) is 6.04 Å². The van der Waals surface area contributed by atoms with Crippen molar-refractivity contribution in [3.8, 4) is 0 Å². The molecule has 1 heteroatoms. The van der Waals surface area contributed by atoms with Crippen LogP contribution in [0.5, 0.6) is 0 Å². The van der Waals surface area contributed by atoms with Gasteiger partial charge in [-0.15, -0.1) is 0 Å². The van der Waals surface area contributed by atoms with Crippen molar-refractivity contribution < 1.29 is 0 Å². The van der Waals surface area contributed by atoms with Crippen LogP contribution in [0.25, 0.3) is 0 Å². The van der Waals surface area contributed by atoms with Gasteiger partial charge in [0.25, 0.3) is 0 Å². The molecule has 1 saturated carbocycles. The van der Waals surface area contributed by atoms with E-state index in [2.05, 4.69) is 50.4 Å². The van der Waals surface area contributed by atoms with Crippen molar-refractivity contribution in [3.63, 3.8) is 0 Å². The van der Waals surface area contributed by atoms with Crippen LogP contribution in [-0.4, -0.2) is 6.54 Å². The van der Waals surface area contributed by atoms with Crippen LogP contribution in [0.1, 0.15) is 76.5 Å². The first-order chi connectivity index (χ1) is 10.2. The summed E-state index contributed by atoms with van der Waals surface area (Å²) in [5.74, 6) is 1.82. The number of hydrogen-bond donors (Lipinski definition) is 1. The van der Waals surface area contributed by atoms with Gasteiger partial charge in [-0.05, 0) is 62.1 Å². The standard InChI is InChI=1S/C20H33N/c1-4-5-8-18-10-12-20(13-11-18)17(3)21-15-19-9-6-7-16(2)14-19/h10-13,16-17,19,21H,4-9,14-15H2,1-3H3. The van der Waals surface area contributed by atoms with Crippen LogP contribution in [0.4, 0.5) is 0 Å². The molecule has 3 atom stereocenters. The SMILES string of the molecule is CCCCc1ccc(C(C)NCC2CCCC(C)C2)cc1. The smallest absolute Gasteiger partial charge is 0.0291 e. The minimum Gasteiger partial charge on any atom is -0.310 e. The van der Waals surface area contributed by atoms with Crippen molar-refractivity contribution in [1.82, 2.24) is 5.32 Å². The van der Waals surface area contributed by atoms with E-state index >= 15 is 0 Å². The molecule has 0 saturated heterocycles. The molecule has 0 aliphatic heterocycles. The molecule has 0 heterocycles. The van der Waals surface area contributed by atoms with Crippen LogP contribution in [0.3, 0.4) is 0 Å². The fourth-order valence-electron chi connectivity index (χ4n) is 3.56. The molecule has 1 aromatic rings. The fourth-order valence-corrected chi connectivity index (χ4v) is 3.56. The summed E-state index contributed by atoms with van der Waals surface area (Å²) in [5.41, 5.74) is 2.91. The van der Waals surface area contributed by atoms with Gasteiger partial charge in [0.05, 0.1) is 0 Å². The summed E-state index contributed by atoms with van der Waals surface area (Å²) in [6.45, 7) is 8.15. The van der Waals surface area contributed by atoms with Crippen LogP contribution >= 0.6 is 0 Å². The van der Waals surface area contributed by atoms with E-state index in [1.807, 2.05) is 0 Å². The number of hydrogen-bond acceptors (Lipinski definition) is 1. The lowest BCUT2D eigenvalue weighted by atomic mass is 9.82. The Morgan fingerprint density at radius 1 is 1.19 bits per heavy atom. The summed E-state index contributed by atoms with van der Waals surface area (Å²) in [4.78, 5) is 0. The van der Waals surface area contributed by atoms with Gasteiger partial charge in [-0.1, -0.05) is 57.4 Å². The summed E-state index contributed by atoms with van der Waals surface area (Å²) in [6.07, 6.45) is 9.49. The molecule has 1 aliphatic carbocycles. The zero-order valence-corrected chi connectivity index (χ0v) is 14.2. The van der Waals surface area contributed by atoms with Gasteiger partial charge in [0.1, 0.15) is 0 Å². The number of aryl methyl sites for hydroxylation is 1. The third-order valence-corrected chi connectivity index (χ3v) is 5.06. The molecule has 2 rings (SSSR count). The van der Waals surface area contributed by atoms with Crippen molar-refractivity contribution in [2.45, 2.75) is 71.8 Å². The maximum Gasteiger partial charge on any atom is 0.0291 e. The van der Waals surface area contributed by atoms with Gasteiger partial charge in [0.15, 0.2) is 0 Å². The topological polar surface area (TPSA) is 12.0 Å². The second-order valence-corrected chi connectivity index (χ2v) is 7.11. The molecule has 0 spiro atoms. The summed E-state index contributed by atoms with van der Waals surface area (Å²) in [6, 6.07) is 9.72. The molecule has 1 N–H and O–H groups in total. The monoisotopic (exact) mass is 287 g/mol. The number of nitrogens with one attached hydrogen (secondary N) is 1. The molecule has 1 aliphatic rings. The largest absolute Gasteiger partial charge is 0.310 e. The summed E-state index contributed by atoms with van der Waals surface area (Å²) < 4.78 is 0. The highest BCUT2D eigenvalue weighted by atomic mass is 14.9. The average molecular weight is 287 g/mol. The van der Waals surface area contributed by atoms with Crippen LogP contribution in [-0.2, 0) is 6.42 Å². The van der Waals surface area contributed by atoms with Gasteiger partial charge < -0.3 is 5.32 Å². The Bertz CT molecular complexity index is 395. The molecule has 1 aromatic carbocycles. The van der Waals surface area contributed by atoms with E-state index in [-0.39, 0.29) is 0 Å². The number of benzene rings is 1. The quantitative estimate of drug-likeness (QED) is 0.697. The van der Waals surface area contributed by atoms with E-state index in [4.69, 9.17) is 0 Å². The van der Waals surface area contributed by atoms with E-state index in [1.54, 1.807) is 0 Å². The average Bonchev–Trinajstić information content (AvgIpc) is 2.51. The minimum atomic E-state index is 0.474. The molecule has 0 amide bonds. The molecule has 118 valence electrons. The predicted octanol–water partition coefficient (Wildman–Crippen LogP) is 5.51. The highest BCUT2D eigenvalue weighted by Gasteiger charge is 2.19. The predicted molar refractivity (Wildman–Crippen MR) is 92.6 cm³/mol. The van der Waals surface area contributed by atoms with Gasteiger partial charge in [0, 0.05) is 6.04 Å². The Balaban J connectivity index is 1.78. The van der Waals surface area contributed by atoms with Crippen LogP contribution in [0.15, 0.2) is 24.3 Å². The summed E-state index contributed by atoms with van der Waals surface area (Å²) in [5, 5.41) is 3.75. The summed E-state index contributed by atoms with van der Waals surface area (Å²) >= 11 is 0. The first-order valence-electron chi connectivity index (χ1n) is 9.01. The van der Waals surface area contributed by atoms with Crippen molar-refractivity contribution >= 4 is 0 Å². The van der Waals surface area contributed by atoms with Crippen molar-refractivity contribution in [1.29, 1.82) is 0 Å². The molecule has 1 fully saturated rings. The third-order valence-electron chi connectivity index (χ3n) is 5.06. The second kappa shape index (κ2) is 8.58. The summed E-state index contributed by atoms with van der Waals surface area (Å²) in [7, 11) is 0. The zero-order valence-electron chi connectivity index (χ0n) is 14.2. The van der Waals surface area contributed by atoms with Gasteiger partial charge >= 0.3 is 0 Å². The molecule has 21 heavy (non-hydrogen) atoms. The Kier molecular flexibility index (Phi) is 6.76. The van der Waals surface area contributed by atoms with E-state index < -0.39 is 0 Å². The molecular formula is C20H33N. The maximum atomic E-state index is 3.75. The fraction of sp³-hybridized carbons (Fsp3) is 0.700. The van der Waals surface area contributed by atoms with Gasteiger partial charge in [-0.2, -0.15) is 0 Å². The van der Waals surface area contributed by atoms with Gasteiger partial charge in [-0.25, -0.2) is 0 Å². The molecule has 0 bridgehead atoms. The van der Waals surface area contributed by atoms with Crippen LogP contribution in [0, 0.1) is 11.8 Å². The van der Waals surface area contributed by atoms with Crippen LogP contribution < -0.4 is 5.32 Å². The molecule has 0 aromatic heterocycles. The number of rotatable bonds is 7. The Morgan fingerprint density at radius 2 is 1.95 bits per heavy atom. The molecular weight excluding hydrogens is 254 g/mol. The Morgan fingerprint density at radius 3 is 2.62 bits per heavy atom. The van der Waals surface area contributed by atoms with Crippen LogP contribution in [0.2, 0.25) is 0 Å². The lowest BCUT2D eigenvalue weighted by Crippen LogP contribution is -2.28. The normalized spacial score (nSPS) is 24.0. The highest BCUT2D eigenvalue weighted by molar-refractivity contribution is 5.24. The molecule has 0 radical (unpaired) electrons. The van der Waals surface area contributed by atoms with E-state index in [9.17, 15) is 0 Å². The van der Waals surface area contributed by atoms with E-state index in [1.165, 1.54) is 62.6 Å². The molecule has 3 unspecified atom stereocenters. The molecule has 1 nitrogen and oxygen atoms in total. The van der Waals surface area contributed by atoms with Gasteiger partial charge in [0.2, 0.25) is 0 Å². The van der Waals surface area contributed by atoms with Crippen molar-refractivity contribution in [3.05, 3.63) is 35.4 Å². The first-order valence-corrected chi connectivity index (χ1v) is 9.01. The lowest BCUT2D eigenvalue weighted by Gasteiger charge is -2.28. The lowest BCUT2D eigenvalue weighted by molar-refractivity contribution is 0.268. The minimum absolute atomic E-state index is 0.474. The highest BCUT2D eigenvalue weighted by Crippen LogP contribution is 2.28. The van der Waals surface area contributed by atoms with Gasteiger partial charge in [-0.3, -0.25) is 0 Å². The van der Waals surface area contributed by atoms with E-state index in [0.717, 1.165) is 11.8 Å². The third kappa shape index (κ3) is 5.47. The van der Waals surface area contributed by atoms with Crippen molar-refractivity contribution in [2.24, 2.45) is 11.8 Å². The van der Waals surface area contributed by atoms with Crippen molar-refractivity contribution in [2.75, 3.05) is 6.54 Å². The number of unbranched alkanes of at least 4 members (excludes halogenated alkanes) is 1.